The van der Waals surface area contributed by atoms with Gasteiger partial charge in [-0.05, 0) is 6.42 Å². The van der Waals surface area contributed by atoms with E-state index >= 15 is 0 Å². The highest BCUT2D eigenvalue weighted by atomic mass is 32.2. The summed E-state index contributed by atoms with van der Waals surface area (Å²) in [5.74, 6) is -0.268. The Morgan fingerprint density at radius 2 is 2.00 bits per heavy atom. The number of carbonyl (C=O) groups excluding carboxylic acids is 2. The number of hydrogen-bond donors (Lipinski definition) is 0. The number of rotatable bonds is 5. The van der Waals surface area contributed by atoms with E-state index in [2.05, 4.69) is 4.90 Å². The molecule has 0 saturated carbocycles. The largest absolute Gasteiger partial charge is 0.379 e. The van der Waals surface area contributed by atoms with Gasteiger partial charge in [-0.25, -0.2) is 8.42 Å². The molecule has 0 N–H and O–H groups in total. The highest BCUT2D eigenvalue weighted by molar-refractivity contribution is 7.91. The zero-order valence-electron chi connectivity index (χ0n) is 14.7. The lowest BCUT2D eigenvalue weighted by Gasteiger charge is -2.29. The van der Waals surface area contributed by atoms with Crippen LogP contribution in [-0.2, 0) is 24.2 Å². The van der Waals surface area contributed by atoms with Crippen molar-refractivity contribution in [3.63, 3.8) is 0 Å². The van der Waals surface area contributed by atoms with E-state index in [1.54, 1.807) is 16.8 Å². The Kier molecular flexibility index (Phi) is 5.65. The molecule has 3 aliphatic heterocycles. The van der Waals surface area contributed by atoms with Gasteiger partial charge in [0.25, 0.3) is 0 Å². The summed E-state index contributed by atoms with van der Waals surface area (Å²) in [6.45, 7) is 5.07. The normalized spacial score (nSPS) is 30.0. The van der Waals surface area contributed by atoms with Crippen molar-refractivity contribution in [3.05, 3.63) is 0 Å². The molecule has 3 fully saturated rings. The Hall–Kier alpha value is -1.19. The zero-order chi connectivity index (χ0) is 18.0. The van der Waals surface area contributed by atoms with Gasteiger partial charge in [-0.3, -0.25) is 14.5 Å². The molecule has 0 aliphatic carbocycles. The molecule has 0 spiro atoms. The van der Waals surface area contributed by atoms with Crippen molar-refractivity contribution < 1.29 is 22.7 Å². The van der Waals surface area contributed by atoms with Crippen molar-refractivity contribution in [2.45, 2.75) is 18.9 Å². The maximum atomic E-state index is 12.7. The van der Waals surface area contributed by atoms with Crippen molar-refractivity contribution in [2.75, 3.05) is 64.5 Å². The van der Waals surface area contributed by atoms with Crippen LogP contribution in [0.1, 0.15) is 12.8 Å². The van der Waals surface area contributed by atoms with Crippen LogP contribution >= 0.6 is 0 Å². The first-order chi connectivity index (χ1) is 11.9. The van der Waals surface area contributed by atoms with Gasteiger partial charge in [0.2, 0.25) is 11.8 Å². The molecule has 0 aromatic rings. The first-order valence-corrected chi connectivity index (χ1v) is 10.7. The molecule has 2 atom stereocenters. The van der Waals surface area contributed by atoms with Gasteiger partial charge in [0, 0.05) is 52.2 Å². The van der Waals surface area contributed by atoms with Gasteiger partial charge in [-0.1, -0.05) is 0 Å². The van der Waals surface area contributed by atoms with E-state index in [0.29, 0.717) is 19.5 Å². The quantitative estimate of drug-likeness (QED) is 0.602. The van der Waals surface area contributed by atoms with Crippen molar-refractivity contribution in [1.82, 2.24) is 14.7 Å². The van der Waals surface area contributed by atoms with E-state index in [1.165, 1.54) is 0 Å². The monoisotopic (exact) mass is 373 g/mol. The number of ether oxygens (including phenoxy) is 1. The maximum Gasteiger partial charge on any atom is 0.228 e. The summed E-state index contributed by atoms with van der Waals surface area (Å²) in [5, 5.41) is 0. The predicted molar refractivity (Wildman–Crippen MR) is 91.8 cm³/mol. The lowest BCUT2D eigenvalue weighted by Crippen LogP contribution is -2.43. The minimum absolute atomic E-state index is 0.0130. The van der Waals surface area contributed by atoms with E-state index in [0.717, 1.165) is 32.8 Å². The number of likely N-dealkylation sites (tertiary alicyclic amines) is 1. The van der Waals surface area contributed by atoms with E-state index in [1.807, 2.05) is 0 Å². The van der Waals surface area contributed by atoms with Crippen molar-refractivity contribution >= 4 is 21.7 Å². The fraction of sp³-hybridized carbons (Fsp3) is 0.875. The topological polar surface area (TPSA) is 87.2 Å². The molecule has 2 unspecified atom stereocenters. The average molecular weight is 373 g/mol. The third-order valence-corrected chi connectivity index (χ3v) is 7.21. The van der Waals surface area contributed by atoms with Crippen molar-refractivity contribution in [3.8, 4) is 0 Å². The second-order valence-corrected chi connectivity index (χ2v) is 9.43. The van der Waals surface area contributed by atoms with E-state index in [9.17, 15) is 18.0 Å². The number of carbonyl (C=O) groups is 2. The molecule has 25 heavy (non-hydrogen) atoms. The first kappa shape index (κ1) is 18.6. The van der Waals surface area contributed by atoms with E-state index < -0.39 is 9.84 Å². The molecule has 0 radical (unpaired) electrons. The molecular weight excluding hydrogens is 346 g/mol. The maximum absolute atomic E-state index is 12.7. The summed E-state index contributed by atoms with van der Waals surface area (Å²) >= 11 is 0. The number of morpholine rings is 1. The number of nitrogens with zero attached hydrogens (tertiary/aromatic N) is 3. The fourth-order valence-electron chi connectivity index (χ4n) is 3.79. The molecule has 3 saturated heterocycles. The van der Waals surface area contributed by atoms with Gasteiger partial charge in [-0.15, -0.1) is 0 Å². The molecule has 0 aromatic carbocycles. The smallest absolute Gasteiger partial charge is 0.228 e. The number of amides is 2. The van der Waals surface area contributed by atoms with Crippen molar-refractivity contribution in [1.29, 1.82) is 0 Å². The van der Waals surface area contributed by atoms with Gasteiger partial charge >= 0.3 is 0 Å². The van der Waals surface area contributed by atoms with Crippen LogP contribution in [0.4, 0.5) is 0 Å². The molecule has 142 valence electrons. The number of hydrogen-bond acceptors (Lipinski definition) is 6. The van der Waals surface area contributed by atoms with E-state index in [4.69, 9.17) is 4.74 Å². The standard InChI is InChI=1S/C16H27N3O5S/c1-17(14-2-9-25(22,23)12-14)16(21)13-10-15(20)19(11-13)4-3-18-5-7-24-8-6-18/h13-14H,2-12H2,1H3. The molecule has 8 nitrogen and oxygen atoms in total. The van der Waals surface area contributed by atoms with Crippen LogP contribution in [0.5, 0.6) is 0 Å². The lowest BCUT2D eigenvalue weighted by atomic mass is 10.1. The molecular formula is C16H27N3O5S. The SMILES string of the molecule is CN(C(=O)C1CC(=O)N(CCN2CCOCC2)C1)C1CCS(=O)(=O)C1. The molecule has 3 aliphatic rings. The van der Waals surface area contributed by atoms with Crippen LogP contribution in [0.15, 0.2) is 0 Å². The highest BCUT2D eigenvalue weighted by Gasteiger charge is 2.39. The summed E-state index contributed by atoms with van der Waals surface area (Å²) in [5.41, 5.74) is 0. The molecule has 3 rings (SSSR count). The van der Waals surface area contributed by atoms with E-state index in [-0.39, 0.29) is 41.7 Å². The predicted octanol–water partition coefficient (Wildman–Crippen LogP) is -1.19. The molecule has 2 amide bonds. The summed E-state index contributed by atoms with van der Waals surface area (Å²) in [4.78, 5) is 30.5. The zero-order valence-corrected chi connectivity index (χ0v) is 15.5. The van der Waals surface area contributed by atoms with Crippen LogP contribution < -0.4 is 0 Å². The third kappa shape index (κ3) is 4.51. The third-order valence-electron chi connectivity index (χ3n) is 5.46. The second kappa shape index (κ2) is 7.59. The number of sulfone groups is 1. The van der Waals surface area contributed by atoms with Crippen LogP contribution in [0, 0.1) is 5.92 Å². The Morgan fingerprint density at radius 3 is 2.64 bits per heavy atom. The molecule has 0 bridgehead atoms. The van der Waals surface area contributed by atoms with Crippen LogP contribution in [0.3, 0.4) is 0 Å². The first-order valence-electron chi connectivity index (χ1n) is 8.91. The van der Waals surface area contributed by atoms with Crippen LogP contribution in [-0.4, -0.2) is 105 Å². The average Bonchev–Trinajstić information content (AvgIpc) is 3.15. The highest BCUT2D eigenvalue weighted by Crippen LogP contribution is 2.23. The Labute approximate surface area is 149 Å². The van der Waals surface area contributed by atoms with Gasteiger partial charge in [0.05, 0.1) is 30.6 Å². The molecule has 0 aromatic heterocycles. The second-order valence-electron chi connectivity index (χ2n) is 7.20. The fourth-order valence-corrected chi connectivity index (χ4v) is 5.56. The van der Waals surface area contributed by atoms with Crippen LogP contribution in [0.25, 0.3) is 0 Å². The van der Waals surface area contributed by atoms with Gasteiger partial charge in [-0.2, -0.15) is 0 Å². The van der Waals surface area contributed by atoms with Crippen molar-refractivity contribution in [2.24, 2.45) is 5.92 Å². The van der Waals surface area contributed by atoms with Gasteiger partial charge in [0.15, 0.2) is 9.84 Å². The summed E-state index contributed by atoms with van der Waals surface area (Å²) in [6.07, 6.45) is 0.720. The lowest BCUT2D eigenvalue weighted by molar-refractivity contribution is -0.136. The Morgan fingerprint density at radius 1 is 1.28 bits per heavy atom. The summed E-state index contributed by atoms with van der Waals surface area (Å²) in [7, 11) is -1.37. The molecule has 3 heterocycles. The molecule has 9 heteroatoms. The minimum Gasteiger partial charge on any atom is -0.379 e. The van der Waals surface area contributed by atoms with Gasteiger partial charge < -0.3 is 14.5 Å². The van der Waals surface area contributed by atoms with Gasteiger partial charge in [0.1, 0.15) is 0 Å². The Bertz CT molecular complexity index is 617. The minimum atomic E-state index is -3.03. The summed E-state index contributed by atoms with van der Waals surface area (Å²) < 4.78 is 28.5. The Balaban J connectivity index is 1.50. The summed E-state index contributed by atoms with van der Waals surface area (Å²) in [6, 6.07) is -0.255. The van der Waals surface area contributed by atoms with Crippen LogP contribution in [0.2, 0.25) is 0 Å².